The summed E-state index contributed by atoms with van der Waals surface area (Å²) < 4.78 is 0. The summed E-state index contributed by atoms with van der Waals surface area (Å²) in [7, 11) is 0. The molecule has 1 aromatic carbocycles. The Labute approximate surface area is 141 Å². The molecule has 24 heavy (non-hydrogen) atoms. The van der Waals surface area contributed by atoms with Crippen molar-refractivity contribution in [1.82, 2.24) is 25.1 Å². The molecule has 128 valence electrons. The topological polar surface area (TPSA) is 89.9 Å². The zero-order valence-corrected chi connectivity index (χ0v) is 14.2. The molecule has 7 nitrogen and oxygen atoms in total. The Morgan fingerprint density at radius 2 is 1.96 bits per heavy atom. The lowest BCUT2D eigenvalue weighted by atomic mass is 9.91. The van der Waals surface area contributed by atoms with Crippen molar-refractivity contribution in [3.63, 3.8) is 0 Å². The Bertz CT molecular complexity index is 685. The molecule has 1 aromatic heterocycles. The van der Waals surface area contributed by atoms with Crippen LogP contribution in [-0.2, 0) is 11.3 Å². The van der Waals surface area contributed by atoms with E-state index in [-0.39, 0.29) is 18.5 Å². The third-order valence-electron chi connectivity index (χ3n) is 4.68. The molecule has 1 fully saturated rings. The Balaban J connectivity index is 1.59. The van der Waals surface area contributed by atoms with Crippen LogP contribution in [0.3, 0.4) is 0 Å². The van der Waals surface area contributed by atoms with Crippen molar-refractivity contribution in [1.29, 1.82) is 0 Å². The molecule has 0 saturated carbocycles. The van der Waals surface area contributed by atoms with E-state index in [9.17, 15) is 4.79 Å². The Morgan fingerprint density at radius 3 is 2.58 bits per heavy atom. The van der Waals surface area contributed by atoms with Crippen molar-refractivity contribution in [2.24, 2.45) is 11.7 Å². The molecule has 1 unspecified atom stereocenters. The van der Waals surface area contributed by atoms with Gasteiger partial charge in [0.25, 0.3) is 0 Å². The molecule has 2 heterocycles. The minimum Gasteiger partial charge on any atom is -0.341 e. The number of aryl methyl sites for hydroxylation is 1. The maximum absolute atomic E-state index is 12.4. The molecular weight excluding hydrogens is 304 g/mol. The summed E-state index contributed by atoms with van der Waals surface area (Å²) in [6.45, 7) is 5.70. The highest BCUT2D eigenvalue weighted by Crippen LogP contribution is 2.20. The van der Waals surface area contributed by atoms with Crippen molar-refractivity contribution >= 4 is 5.91 Å². The van der Waals surface area contributed by atoms with Crippen LogP contribution < -0.4 is 5.73 Å². The predicted octanol–water partition coefficient (Wildman–Crippen LogP) is 1.23. The van der Waals surface area contributed by atoms with Crippen molar-refractivity contribution < 1.29 is 4.79 Å². The number of hydrogen-bond acceptors (Lipinski definition) is 5. The van der Waals surface area contributed by atoms with E-state index >= 15 is 0 Å². The van der Waals surface area contributed by atoms with Crippen LogP contribution in [0.4, 0.5) is 0 Å². The van der Waals surface area contributed by atoms with Crippen LogP contribution in [0.15, 0.2) is 24.3 Å². The number of hydrogen-bond donors (Lipinski definition) is 1. The van der Waals surface area contributed by atoms with Gasteiger partial charge in [0.05, 0.1) is 0 Å². The minimum absolute atomic E-state index is 0.0333. The number of nitrogens with zero attached hydrogens (tertiary/aromatic N) is 5. The Hall–Kier alpha value is -2.28. The van der Waals surface area contributed by atoms with Gasteiger partial charge in [-0.05, 0) is 37.8 Å². The van der Waals surface area contributed by atoms with E-state index in [2.05, 4.69) is 15.4 Å². The molecule has 0 bridgehead atoms. The highest BCUT2D eigenvalue weighted by Gasteiger charge is 2.25. The number of rotatable bonds is 4. The number of tetrazole rings is 1. The SMILES string of the molecule is Cc1ccc(-c2nnn(CC(=O)N3CCC(C(C)N)CC3)n2)cc1. The van der Waals surface area contributed by atoms with Gasteiger partial charge in [0.1, 0.15) is 6.54 Å². The number of carbonyl (C=O) groups excluding carboxylic acids is 1. The van der Waals surface area contributed by atoms with E-state index in [0.717, 1.165) is 31.5 Å². The van der Waals surface area contributed by atoms with Crippen molar-refractivity contribution in [3.05, 3.63) is 29.8 Å². The molecule has 2 N–H and O–H groups in total. The fraction of sp³-hybridized carbons (Fsp3) is 0.529. The zero-order valence-electron chi connectivity index (χ0n) is 14.2. The van der Waals surface area contributed by atoms with E-state index in [1.165, 1.54) is 10.4 Å². The molecule has 1 atom stereocenters. The number of carbonyl (C=O) groups is 1. The number of benzene rings is 1. The van der Waals surface area contributed by atoms with Gasteiger partial charge in [-0.1, -0.05) is 29.8 Å². The zero-order chi connectivity index (χ0) is 17.1. The Morgan fingerprint density at radius 1 is 1.29 bits per heavy atom. The molecule has 1 aliphatic rings. The molecule has 3 rings (SSSR count). The predicted molar refractivity (Wildman–Crippen MR) is 90.9 cm³/mol. The first-order valence-electron chi connectivity index (χ1n) is 8.41. The molecule has 1 amide bonds. The summed E-state index contributed by atoms with van der Waals surface area (Å²) in [6, 6.07) is 8.11. The van der Waals surface area contributed by atoms with Crippen LogP contribution in [0.5, 0.6) is 0 Å². The van der Waals surface area contributed by atoms with Gasteiger partial charge >= 0.3 is 0 Å². The molecule has 0 radical (unpaired) electrons. The van der Waals surface area contributed by atoms with Crippen LogP contribution in [0.1, 0.15) is 25.3 Å². The quantitative estimate of drug-likeness (QED) is 0.912. The average Bonchev–Trinajstić information content (AvgIpc) is 3.04. The third-order valence-corrected chi connectivity index (χ3v) is 4.68. The fourth-order valence-electron chi connectivity index (χ4n) is 3.02. The molecule has 0 aliphatic carbocycles. The second-order valence-electron chi connectivity index (χ2n) is 6.59. The molecule has 1 aliphatic heterocycles. The van der Waals surface area contributed by atoms with Crippen molar-refractivity contribution in [3.8, 4) is 11.4 Å². The first-order valence-corrected chi connectivity index (χ1v) is 8.41. The lowest BCUT2D eigenvalue weighted by Gasteiger charge is -2.33. The van der Waals surface area contributed by atoms with Gasteiger partial charge in [-0.2, -0.15) is 4.80 Å². The van der Waals surface area contributed by atoms with E-state index in [4.69, 9.17) is 5.73 Å². The Kier molecular flexibility index (Phi) is 4.89. The lowest BCUT2D eigenvalue weighted by molar-refractivity contribution is -0.133. The minimum atomic E-state index is 0.0333. The summed E-state index contributed by atoms with van der Waals surface area (Å²) >= 11 is 0. The van der Waals surface area contributed by atoms with Gasteiger partial charge in [0.15, 0.2) is 0 Å². The molecule has 1 saturated heterocycles. The smallest absolute Gasteiger partial charge is 0.246 e. The second-order valence-corrected chi connectivity index (χ2v) is 6.59. The number of aromatic nitrogens is 4. The van der Waals surface area contributed by atoms with E-state index in [1.807, 2.05) is 43.0 Å². The van der Waals surface area contributed by atoms with Crippen LogP contribution >= 0.6 is 0 Å². The number of likely N-dealkylation sites (tertiary alicyclic amines) is 1. The monoisotopic (exact) mass is 328 g/mol. The van der Waals surface area contributed by atoms with Crippen molar-refractivity contribution in [2.75, 3.05) is 13.1 Å². The first-order chi connectivity index (χ1) is 11.5. The van der Waals surface area contributed by atoms with Gasteiger partial charge in [-0.15, -0.1) is 10.2 Å². The fourth-order valence-corrected chi connectivity index (χ4v) is 3.02. The van der Waals surface area contributed by atoms with E-state index in [1.54, 1.807) is 0 Å². The van der Waals surface area contributed by atoms with Gasteiger partial charge in [0, 0.05) is 24.7 Å². The normalized spacial score (nSPS) is 17.0. The molecule has 2 aromatic rings. The summed E-state index contributed by atoms with van der Waals surface area (Å²) in [4.78, 5) is 15.6. The highest BCUT2D eigenvalue weighted by atomic mass is 16.2. The number of piperidine rings is 1. The summed E-state index contributed by atoms with van der Waals surface area (Å²) in [6.07, 6.45) is 1.92. The standard InChI is InChI=1S/C17H24N6O/c1-12-3-5-15(6-4-12)17-19-21-23(20-17)11-16(24)22-9-7-14(8-10-22)13(2)18/h3-6,13-14H,7-11,18H2,1-2H3. The summed E-state index contributed by atoms with van der Waals surface area (Å²) in [5.74, 6) is 1.08. The average molecular weight is 328 g/mol. The first kappa shape index (κ1) is 16.6. The van der Waals surface area contributed by atoms with Crippen LogP contribution in [0.25, 0.3) is 11.4 Å². The number of nitrogens with two attached hydrogens (primary N) is 1. The van der Waals surface area contributed by atoms with Crippen molar-refractivity contribution in [2.45, 2.75) is 39.3 Å². The van der Waals surface area contributed by atoms with Gasteiger partial charge in [-0.25, -0.2) is 0 Å². The largest absolute Gasteiger partial charge is 0.341 e. The lowest BCUT2D eigenvalue weighted by Crippen LogP contribution is -2.43. The van der Waals surface area contributed by atoms with Gasteiger partial charge < -0.3 is 10.6 Å². The van der Waals surface area contributed by atoms with Crippen LogP contribution in [0.2, 0.25) is 0 Å². The third kappa shape index (κ3) is 3.79. The van der Waals surface area contributed by atoms with Gasteiger partial charge in [-0.3, -0.25) is 4.79 Å². The summed E-state index contributed by atoms with van der Waals surface area (Å²) in [5.41, 5.74) is 8.02. The van der Waals surface area contributed by atoms with Crippen LogP contribution in [0, 0.1) is 12.8 Å². The summed E-state index contributed by atoms with van der Waals surface area (Å²) in [5, 5.41) is 12.4. The molecule has 0 spiro atoms. The second kappa shape index (κ2) is 7.09. The van der Waals surface area contributed by atoms with Crippen LogP contribution in [-0.4, -0.2) is 50.1 Å². The maximum atomic E-state index is 12.4. The van der Waals surface area contributed by atoms with E-state index < -0.39 is 0 Å². The maximum Gasteiger partial charge on any atom is 0.246 e. The highest BCUT2D eigenvalue weighted by molar-refractivity contribution is 5.75. The van der Waals surface area contributed by atoms with E-state index in [0.29, 0.717) is 11.7 Å². The van der Waals surface area contributed by atoms with Gasteiger partial charge in [0.2, 0.25) is 11.7 Å². The molecular formula is C17H24N6O. The molecule has 7 heteroatoms. The number of amides is 1.